The van der Waals surface area contributed by atoms with E-state index in [1.54, 1.807) is 21.8 Å². The number of rotatable bonds is 7. The zero-order chi connectivity index (χ0) is 26.3. The van der Waals surface area contributed by atoms with Crippen LogP contribution >= 0.6 is 22.9 Å². The summed E-state index contributed by atoms with van der Waals surface area (Å²) >= 11 is 7.45. The number of hydrogen-bond acceptors (Lipinski definition) is 7. The molecule has 0 aliphatic carbocycles. The van der Waals surface area contributed by atoms with Crippen LogP contribution < -0.4 is 9.46 Å². The van der Waals surface area contributed by atoms with Crippen LogP contribution in [0, 0.1) is 11.6 Å². The van der Waals surface area contributed by atoms with Gasteiger partial charge in [-0.25, -0.2) is 22.2 Å². The topological polar surface area (TPSA) is 106 Å². The summed E-state index contributed by atoms with van der Waals surface area (Å²) in [5.74, 6) is -1.68. The molecular weight excluding hydrogens is 548 g/mol. The van der Waals surface area contributed by atoms with E-state index in [2.05, 4.69) is 14.8 Å². The number of hydrogen-bond donors (Lipinski definition) is 1. The van der Waals surface area contributed by atoms with Crippen LogP contribution in [0.25, 0.3) is 11.3 Å². The number of nitrogens with one attached hydrogen (secondary N) is 1. The molecule has 4 aromatic rings. The van der Waals surface area contributed by atoms with Crippen molar-refractivity contribution < 1.29 is 26.7 Å². The number of anilines is 1. The van der Waals surface area contributed by atoms with E-state index in [4.69, 9.17) is 16.3 Å². The van der Waals surface area contributed by atoms with Crippen LogP contribution in [0.1, 0.15) is 13.0 Å². The van der Waals surface area contributed by atoms with E-state index < -0.39 is 26.6 Å². The van der Waals surface area contributed by atoms with E-state index in [-0.39, 0.29) is 34.3 Å². The van der Waals surface area contributed by atoms with Crippen molar-refractivity contribution in [2.45, 2.75) is 17.9 Å². The average Bonchev–Trinajstić information content (AvgIpc) is 3.48. The van der Waals surface area contributed by atoms with Gasteiger partial charge in [-0.15, -0.1) is 11.3 Å². The van der Waals surface area contributed by atoms with Crippen LogP contribution in [0.5, 0.6) is 11.5 Å². The van der Waals surface area contributed by atoms with Crippen LogP contribution in [-0.4, -0.2) is 47.1 Å². The lowest BCUT2D eigenvalue weighted by atomic mass is 10.1. The van der Waals surface area contributed by atoms with E-state index in [1.807, 2.05) is 0 Å². The summed E-state index contributed by atoms with van der Waals surface area (Å²) in [5.41, 5.74) is 2.26. The molecule has 1 amide bonds. The number of nitrogens with zero attached hydrogens (tertiary/aromatic N) is 4. The fourth-order valence-corrected chi connectivity index (χ4v) is 5.76. The zero-order valence-corrected chi connectivity index (χ0v) is 21.4. The fourth-order valence-electron chi connectivity index (χ4n) is 3.85. The average molecular weight is 566 g/mol. The van der Waals surface area contributed by atoms with Gasteiger partial charge in [0.15, 0.2) is 5.82 Å². The number of carbonyl (C=O) groups is 1. The Morgan fingerprint density at radius 1 is 1.19 bits per heavy atom. The number of halogens is 3. The van der Waals surface area contributed by atoms with Crippen molar-refractivity contribution in [1.29, 1.82) is 0 Å². The van der Waals surface area contributed by atoms with Gasteiger partial charge in [-0.05, 0) is 30.3 Å². The number of thiazole rings is 1. The lowest BCUT2D eigenvalue weighted by Crippen LogP contribution is -2.50. The number of amides is 1. The van der Waals surface area contributed by atoms with Crippen LogP contribution in [0.4, 0.5) is 14.6 Å². The first-order chi connectivity index (χ1) is 17.6. The molecule has 3 heterocycles. The third-order valence-corrected chi connectivity index (χ3v) is 7.96. The van der Waals surface area contributed by atoms with E-state index in [1.165, 1.54) is 47.4 Å². The van der Waals surface area contributed by atoms with Crippen LogP contribution in [0.2, 0.25) is 5.02 Å². The van der Waals surface area contributed by atoms with Crippen LogP contribution in [0.3, 0.4) is 0 Å². The van der Waals surface area contributed by atoms with E-state index in [0.717, 1.165) is 12.1 Å². The standard InChI is InChI=1S/C23H18ClF2N5O4S2/c1-13(32)30-9-15(10-30)31-19(4-5-28-31)16-6-14(25)2-3-20(16)35-21-8-18(26)22(7-17(21)24)37(33,34)29-23-11-36-12-27-23/h2-8,11-12,15,29H,9-10H2,1H3. The van der Waals surface area contributed by atoms with E-state index in [0.29, 0.717) is 24.3 Å². The molecule has 0 radical (unpaired) electrons. The molecule has 1 aliphatic rings. The maximum atomic E-state index is 14.9. The summed E-state index contributed by atoms with van der Waals surface area (Å²) in [6.07, 6.45) is 1.54. The van der Waals surface area contributed by atoms with Gasteiger partial charge in [0, 0.05) is 43.2 Å². The van der Waals surface area contributed by atoms with Gasteiger partial charge in [0.05, 0.1) is 22.3 Å². The number of likely N-dealkylation sites (tertiary alicyclic amines) is 1. The SMILES string of the molecule is CC(=O)N1CC(n2nccc2-c2cc(F)ccc2Oc2cc(F)c(S(=O)(=O)Nc3cscn3)cc2Cl)C1. The van der Waals surface area contributed by atoms with Gasteiger partial charge in [-0.3, -0.25) is 14.2 Å². The molecule has 1 fully saturated rings. The highest BCUT2D eigenvalue weighted by molar-refractivity contribution is 7.92. The highest BCUT2D eigenvalue weighted by Gasteiger charge is 2.32. The molecule has 37 heavy (non-hydrogen) atoms. The molecule has 1 saturated heterocycles. The Bertz CT molecular complexity index is 1590. The molecule has 2 aromatic carbocycles. The van der Waals surface area contributed by atoms with Gasteiger partial charge in [0.25, 0.3) is 10.0 Å². The minimum atomic E-state index is -4.31. The van der Waals surface area contributed by atoms with E-state index in [9.17, 15) is 22.0 Å². The monoisotopic (exact) mass is 565 g/mol. The molecule has 0 bridgehead atoms. The molecule has 0 unspecified atom stereocenters. The molecule has 5 rings (SSSR count). The van der Waals surface area contributed by atoms with Crippen molar-refractivity contribution >= 4 is 44.7 Å². The molecule has 1 aliphatic heterocycles. The lowest BCUT2D eigenvalue weighted by molar-refractivity contribution is -0.134. The van der Waals surface area contributed by atoms with Crippen molar-refractivity contribution in [3.63, 3.8) is 0 Å². The van der Waals surface area contributed by atoms with Gasteiger partial charge in [0.2, 0.25) is 5.91 Å². The zero-order valence-electron chi connectivity index (χ0n) is 19.1. The van der Waals surface area contributed by atoms with Crippen molar-refractivity contribution in [2.75, 3.05) is 17.8 Å². The van der Waals surface area contributed by atoms with E-state index >= 15 is 0 Å². The Labute approximate surface area is 219 Å². The van der Waals surface area contributed by atoms with Gasteiger partial charge in [-0.1, -0.05) is 11.6 Å². The lowest BCUT2D eigenvalue weighted by Gasteiger charge is -2.39. The maximum Gasteiger partial charge on any atom is 0.266 e. The number of ether oxygens (including phenoxy) is 1. The summed E-state index contributed by atoms with van der Waals surface area (Å²) in [6, 6.07) is 7.10. The highest BCUT2D eigenvalue weighted by Crippen LogP contribution is 2.39. The Morgan fingerprint density at radius 2 is 1.97 bits per heavy atom. The van der Waals surface area contributed by atoms with Gasteiger partial charge < -0.3 is 9.64 Å². The van der Waals surface area contributed by atoms with Gasteiger partial charge in [0.1, 0.15) is 28.0 Å². The largest absolute Gasteiger partial charge is 0.455 e. The third kappa shape index (κ3) is 5.02. The second-order valence-corrected chi connectivity index (χ2v) is 11.0. The Morgan fingerprint density at radius 3 is 2.68 bits per heavy atom. The molecule has 0 spiro atoms. The summed E-state index contributed by atoms with van der Waals surface area (Å²) in [4.78, 5) is 16.4. The van der Waals surface area contributed by atoms with Crippen molar-refractivity contribution in [3.05, 3.63) is 70.1 Å². The van der Waals surface area contributed by atoms with Gasteiger partial charge in [-0.2, -0.15) is 5.10 Å². The highest BCUT2D eigenvalue weighted by atomic mass is 35.5. The summed E-state index contributed by atoms with van der Waals surface area (Å²) in [5, 5.41) is 5.60. The van der Waals surface area contributed by atoms with Crippen molar-refractivity contribution in [3.8, 4) is 22.8 Å². The fraction of sp³-hybridized carbons (Fsp3) is 0.174. The van der Waals surface area contributed by atoms with Crippen molar-refractivity contribution in [2.24, 2.45) is 0 Å². The predicted octanol–water partition coefficient (Wildman–Crippen LogP) is 4.93. The Balaban J connectivity index is 1.46. The van der Waals surface area contributed by atoms with Crippen LogP contribution in [0.15, 0.2) is 58.4 Å². The first-order valence-electron chi connectivity index (χ1n) is 10.8. The molecule has 0 saturated carbocycles. The van der Waals surface area contributed by atoms with Crippen molar-refractivity contribution in [1.82, 2.24) is 19.7 Å². The second-order valence-electron chi connectivity index (χ2n) is 8.17. The second kappa shape index (κ2) is 9.72. The maximum absolute atomic E-state index is 14.9. The molecule has 14 heteroatoms. The quantitative estimate of drug-likeness (QED) is 0.340. The Kier molecular flexibility index (Phi) is 6.60. The molecule has 2 aromatic heterocycles. The number of sulfonamides is 1. The Hall–Kier alpha value is -3.55. The summed E-state index contributed by atoms with van der Waals surface area (Å²) in [6.45, 7) is 2.39. The van der Waals surface area contributed by atoms with Gasteiger partial charge >= 0.3 is 0 Å². The number of benzene rings is 2. The number of aromatic nitrogens is 3. The predicted molar refractivity (Wildman–Crippen MR) is 133 cm³/mol. The third-order valence-electron chi connectivity index (χ3n) is 5.71. The summed E-state index contributed by atoms with van der Waals surface area (Å²) < 4.78 is 64.1. The molecule has 1 N–H and O–H groups in total. The molecule has 192 valence electrons. The first kappa shape index (κ1) is 25.1. The summed E-state index contributed by atoms with van der Waals surface area (Å²) in [7, 11) is -4.31. The molecule has 0 atom stereocenters. The minimum absolute atomic E-state index is 0.0475. The number of carbonyl (C=O) groups excluding carboxylic acids is 1. The normalized spacial score (nSPS) is 13.9. The molecule has 9 nitrogen and oxygen atoms in total. The molecular formula is C23H18ClF2N5O4S2. The minimum Gasteiger partial charge on any atom is -0.455 e. The van der Waals surface area contributed by atoms with Crippen LogP contribution in [-0.2, 0) is 14.8 Å². The first-order valence-corrected chi connectivity index (χ1v) is 13.6. The smallest absolute Gasteiger partial charge is 0.266 e.